The Morgan fingerprint density at radius 2 is 1.78 bits per heavy atom. The molecule has 2 N–H and O–H groups in total. The first-order valence-corrected chi connectivity index (χ1v) is 8.24. The van der Waals surface area contributed by atoms with E-state index in [2.05, 4.69) is 4.98 Å². The summed E-state index contributed by atoms with van der Waals surface area (Å²) in [7, 11) is 1.94. The van der Waals surface area contributed by atoms with Crippen LogP contribution in [-0.4, -0.2) is 69.8 Å². The fourth-order valence-corrected chi connectivity index (χ4v) is 3.80. The van der Waals surface area contributed by atoms with Crippen LogP contribution in [0.2, 0.25) is 0 Å². The molecule has 23 heavy (non-hydrogen) atoms. The van der Waals surface area contributed by atoms with Gasteiger partial charge in [0.1, 0.15) is 0 Å². The third kappa shape index (κ3) is 3.88. The number of amides is 1. The van der Waals surface area contributed by atoms with Gasteiger partial charge in [-0.05, 0) is 49.4 Å². The van der Waals surface area contributed by atoms with Gasteiger partial charge in [0, 0.05) is 32.0 Å². The van der Waals surface area contributed by atoms with Crippen molar-refractivity contribution in [1.29, 1.82) is 0 Å². The molecule has 0 bridgehead atoms. The fourth-order valence-electron chi connectivity index (χ4n) is 3.80. The first-order chi connectivity index (χ1) is 11.0. The third-order valence-electron chi connectivity index (χ3n) is 5.07. The van der Waals surface area contributed by atoms with Crippen molar-refractivity contribution < 1.29 is 15.0 Å². The first kappa shape index (κ1) is 16.4. The Kier molecular flexibility index (Phi) is 4.94. The summed E-state index contributed by atoms with van der Waals surface area (Å²) in [5, 5.41) is 19.6. The summed E-state index contributed by atoms with van der Waals surface area (Å²) in [6.45, 7) is 2.51. The van der Waals surface area contributed by atoms with E-state index >= 15 is 0 Å². The Labute approximate surface area is 136 Å². The van der Waals surface area contributed by atoms with Crippen molar-refractivity contribution in [2.24, 2.45) is 11.8 Å². The van der Waals surface area contributed by atoms with Crippen molar-refractivity contribution in [3.63, 3.8) is 0 Å². The van der Waals surface area contributed by atoms with Crippen LogP contribution in [0.5, 0.6) is 0 Å². The molecule has 1 amide bonds. The SMILES string of the molecule is CN(CC(=O)N1C[C@H]2C[C@H](O)[C@@H](O)C[C@H]2C1)Cc1ccncc1. The minimum Gasteiger partial charge on any atom is -0.390 e. The molecule has 1 saturated carbocycles. The molecule has 4 atom stereocenters. The summed E-state index contributed by atoms with van der Waals surface area (Å²) < 4.78 is 0. The molecule has 2 heterocycles. The Balaban J connectivity index is 1.51. The number of aliphatic hydroxyl groups is 2. The van der Waals surface area contributed by atoms with Crippen molar-refractivity contribution in [3.8, 4) is 0 Å². The van der Waals surface area contributed by atoms with Crippen molar-refractivity contribution in [2.45, 2.75) is 31.6 Å². The maximum atomic E-state index is 12.5. The Morgan fingerprint density at radius 1 is 1.22 bits per heavy atom. The zero-order valence-corrected chi connectivity index (χ0v) is 13.5. The summed E-state index contributed by atoms with van der Waals surface area (Å²) in [6, 6.07) is 3.91. The van der Waals surface area contributed by atoms with Crippen LogP contribution in [0, 0.1) is 11.8 Å². The van der Waals surface area contributed by atoms with Crippen molar-refractivity contribution in [3.05, 3.63) is 30.1 Å². The number of carbonyl (C=O) groups excluding carboxylic acids is 1. The standard InChI is InChI=1S/C17H25N3O3/c1-19(8-12-2-4-18-5-3-12)11-17(23)20-9-13-6-15(21)16(22)7-14(13)10-20/h2-5,13-16,21-22H,6-11H2,1H3/t13-,14+,15-,16-/m0/s1. The molecule has 1 saturated heterocycles. The molecule has 6 heteroatoms. The van der Waals surface area contributed by atoms with Gasteiger partial charge in [-0.2, -0.15) is 0 Å². The number of fused-ring (bicyclic) bond motifs is 1. The number of rotatable bonds is 4. The number of hydrogen-bond donors (Lipinski definition) is 2. The van der Waals surface area contributed by atoms with Gasteiger partial charge in [-0.1, -0.05) is 0 Å². The zero-order valence-electron chi connectivity index (χ0n) is 13.5. The lowest BCUT2D eigenvalue weighted by Gasteiger charge is -2.31. The highest BCUT2D eigenvalue weighted by Crippen LogP contribution is 2.36. The van der Waals surface area contributed by atoms with Gasteiger partial charge in [0.25, 0.3) is 0 Å². The summed E-state index contributed by atoms with van der Waals surface area (Å²) in [6.07, 6.45) is 3.44. The van der Waals surface area contributed by atoms with E-state index in [4.69, 9.17) is 0 Å². The van der Waals surface area contributed by atoms with E-state index < -0.39 is 12.2 Å². The molecule has 1 aromatic heterocycles. The molecule has 1 aromatic rings. The van der Waals surface area contributed by atoms with Crippen LogP contribution in [0.4, 0.5) is 0 Å². The molecule has 2 fully saturated rings. The second kappa shape index (κ2) is 6.95. The summed E-state index contributed by atoms with van der Waals surface area (Å²) in [5.41, 5.74) is 1.14. The summed E-state index contributed by atoms with van der Waals surface area (Å²) in [4.78, 5) is 20.4. The molecule has 6 nitrogen and oxygen atoms in total. The molecule has 0 spiro atoms. The van der Waals surface area contributed by atoms with Crippen LogP contribution < -0.4 is 0 Å². The lowest BCUT2D eigenvalue weighted by molar-refractivity contribution is -0.131. The second-order valence-electron chi connectivity index (χ2n) is 6.95. The normalized spacial score (nSPS) is 30.5. The van der Waals surface area contributed by atoms with Gasteiger partial charge in [0.05, 0.1) is 18.8 Å². The van der Waals surface area contributed by atoms with E-state index in [1.54, 1.807) is 12.4 Å². The number of nitrogens with zero attached hydrogens (tertiary/aromatic N) is 3. The highest BCUT2D eigenvalue weighted by molar-refractivity contribution is 5.78. The average molecular weight is 319 g/mol. The molecule has 0 aromatic carbocycles. The lowest BCUT2D eigenvalue weighted by atomic mass is 9.79. The number of likely N-dealkylation sites (tertiary alicyclic amines) is 1. The predicted molar refractivity (Wildman–Crippen MR) is 85.4 cm³/mol. The van der Waals surface area contributed by atoms with E-state index in [0.717, 1.165) is 5.56 Å². The third-order valence-corrected chi connectivity index (χ3v) is 5.07. The van der Waals surface area contributed by atoms with E-state index in [1.165, 1.54) is 0 Å². The summed E-state index contributed by atoms with van der Waals surface area (Å²) in [5.74, 6) is 0.769. The van der Waals surface area contributed by atoms with Crippen LogP contribution in [0.15, 0.2) is 24.5 Å². The van der Waals surface area contributed by atoms with Gasteiger partial charge in [-0.15, -0.1) is 0 Å². The quantitative estimate of drug-likeness (QED) is 0.823. The molecule has 1 aliphatic carbocycles. The number of aliphatic hydroxyl groups excluding tert-OH is 2. The number of hydrogen-bond acceptors (Lipinski definition) is 5. The molecule has 126 valence electrons. The minimum absolute atomic E-state index is 0.125. The number of pyridine rings is 1. The van der Waals surface area contributed by atoms with E-state index in [0.29, 0.717) is 50.9 Å². The zero-order chi connectivity index (χ0) is 16.4. The van der Waals surface area contributed by atoms with Crippen LogP contribution >= 0.6 is 0 Å². The Hall–Kier alpha value is -1.50. The molecular formula is C17H25N3O3. The first-order valence-electron chi connectivity index (χ1n) is 8.24. The van der Waals surface area contributed by atoms with Crippen LogP contribution in [0.1, 0.15) is 18.4 Å². The summed E-state index contributed by atoms with van der Waals surface area (Å²) >= 11 is 0. The molecule has 0 radical (unpaired) electrons. The van der Waals surface area contributed by atoms with E-state index in [9.17, 15) is 15.0 Å². The molecule has 3 rings (SSSR count). The average Bonchev–Trinajstić information content (AvgIpc) is 2.91. The van der Waals surface area contributed by atoms with E-state index in [-0.39, 0.29) is 5.91 Å². The van der Waals surface area contributed by atoms with Gasteiger partial charge in [-0.25, -0.2) is 0 Å². The Bertz CT molecular complexity index is 521. The highest BCUT2D eigenvalue weighted by Gasteiger charge is 2.42. The van der Waals surface area contributed by atoms with Crippen LogP contribution in [0.25, 0.3) is 0 Å². The van der Waals surface area contributed by atoms with Crippen molar-refractivity contribution in [2.75, 3.05) is 26.7 Å². The van der Waals surface area contributed by atoms with Gasteiger partial charge in [-0.3, -0.25) is 14.7 Å². The van der Waals surface area contributed by atoms with Crippen molar-refractivity contribution in [1.82, 2.24) is 14.8 Å². The van der Waals surface area contributed by atoms with Crippen LogP contribution in [-0.2, 0) is 11.3 Å². The Morgan fingerprint density at radius 3 is 2.35 bits per heavy atom. The largest absolute Gasteiger partial charge is 0.390 e. The fraction of sp³-hybridized carbons (Fsp3) is 0.647. The van der Waals surface area contributed by atoms with Gasteiger partial charge in [0.2, 0.25) is 5.91 Å². The van der Waals surface area contributed by atoms with Gasteiger partial charge < -0.3 is 15.1 Å². The van der Waals surface area contributed by atoms with E-state index in [1.807, 2.05) is 29.0 Å². The maximum Gasteiger partial charge on any atom is 0.236 e. The smallest absolute Gasteiger partial charge is 0.236 e. The molecule has 2 aliphatic rings. The molecular weight excluding hydrogens is 294 g/mol. The van der Waals surface area contributed by atoms with Crippen LogP contribution in [0.3, 0.4) is 0 Å². The highest BCUT2D eigenvalue weighted by atomic mass is 16.3. The molecule has 1 aliphatic heterocycles. The predicted octanol–water partition coefficient (Wildman–Crippen LogP) is 0.104. The second-order valence-corrected chi connectivity index (χ2v) is 6.95. The van der Waals surface area contributed by atoms with Gasteiger partial charge in [0.15, 0.2) is 0 Å². The topological polar surface area (TPSA) is 76.9 Å². The lowest BCUT2D eigenvalue weighted by Crippen LogP contribution is -2.38. The monoisotopic (exact) mass is 319 g/mol. The molecule has 0 unspecified atom stereocenters. The van der Waals surface area contributed by atoms with Gasteiger partial charge >= 0.3 is 0 Å². The van der Waals surface area contributed by atoms with Crippen molar-refractivity contribution >= 4 is 5.91 Å². The number of carbonyl (C=O) groups is 1. The number of likely N-dealkylation sites (N-methyl/N-ethyl adjacent to an activating group) is 1. The number of aromatic nitrogens is 1. The minimum atomic E-state index is -0.638. The maximum absolute atomic E-state index is 12.5.